The first-order chi connectivity index (χ1) is 5.97. The molecule has 0 N–H and O–H groups in total. The van der Waals surface area contributed by atoms with Crippen LogP contribution in [0.1, 0.15) is 5.56 Å². The summed E-state index contributed by atoms with van der Waals surface area (Å²) in [6, 6.07) is 1.80. The summed E-state index contributed by atoms with van der Waals surface area (Å²) in [4.78, 5) is 3.91. The van der Waals surface area contributed by atoms with Crippen molar-refractivity contribution >= 4 is 39.5 Å². The zero-order chi connectivity index (χ0) is 9.90. The van der Waals surface area contributed by atoms with Crippen molar-refractivity contribution in [2.24, 2.45) is 0 Å². The fourth-order valence-electron chi connectivity index (χ4n) is 0.661. The van der Waals surface area contributed by atoms with Gasteiger partial charge in [0, 0.05) is 22.4 Å². The van der Waals surface area contributed by atoms with Gasteiger partial charge < -0.3 is 0 Å². The van der Waals surface area contributed by atoms with Gasteiger partial charge in [-0.05, 0) is 22.0 Å². The molecule has 56 valence electrons. The zero-order valence-corrected chi connectivity index (χ0v) is 8.38. The lowest BCUT2D eigenvalue weighted by Crippen LogP contribution is -2.08. The van der Waals surface area contributed by atoms with Crippen LogP contribution in [0.15, 0.2) is 22.9 Å². The Balaban J connectivity index is 2.90. The molecule has 0 aliphatic rings. The maximum atomic E-state index is 5.27. The van der Waals surface area contributed by atoms with Crippen molar-refractivity contribution in [3.05, 3.63) is 28.5 Å². The Morgan fingerprint density at radius 1 is 1.31 bits per heavy atom. The van der Waals surface area contributed by atoms with Gasteiger partial charge in [-0.1, -0.05) is 11.0 Å². The fraction of sp³-hybridized carbons (Fsp3) is 0.125. The number of nitrogens with zero attached hydrogens (tertiary/aromatic N) is 1. The van der Waals surface area contributed by atoms with E-state index < -0.39 is 5.11 Å². The second-order valence-electron chi connectivity index (χ2n) is 2.57. The Hall–Kier alpha value is -0.615. The highest BCUT2D eigenvalue weighted by molar-refractivity contribution is 9.10. The van der Waals surface area contributed by atoms with E-state index >= 15 is 0 Å². The molecule has 1 aromatic heterocycles. The first-order valence-electron chi connectivity index (χ1n) is 3.48. The number of rotatable bonds is 0. The molecular weight excluding hydrogens is 222 g/mol. The van der Waals surface area contributed by atoms with Gasteiger partial charge in [0.2, 0.25) is 0 Å². The number of aromatic nitrogens is 1. The smallest absolute Gasteiger partial charge is 0.0666 e. The lowest BCUT2D eigenvalue weighted by molar-refractivity contribution is 1.29. The molecule has 0 unspecified atom stereocenters. The molecule has 1 heterocycles. The van der Waals surface area contributed by atoms with E-state index in [1.807, 2.05) is 0 Å². The minimum atomic E-state index is -1.46. The molecule has 0 aliphatic heterocycles. The quantitative estimate of drug-likeness (QED) is 0.470. The van der Waals surface area contributed by atoms with Crippen molar-refractivity contribution in [1.29, 1.82) is 0 Å². The summed E-state index contributed by atoms with van der Waals surface area (Å²) in [6.45, 7) is 0. The third-order valence-electron chi connectivity index (χ3n) is 1.13. The van der Waals surface area contributed by atoms with E-state index in [1.165, 1.54) is 0 Å². The second kappa shape index (κ2) is 4.06. The first kappa shape index (κ1) is 10.5. The van der Waals surface area contributed by atoms with Gasteiger partial charge in [-0.3, -0.25) is 4.98 Å². The normalized spacial score (nSPS) is 10.2. The summed E-state index contributed by atoms with van der Waals surface area (Å²) >= 11 is 3.26. The standard InChI is InChI=1S/C8H3B3BrN/c9-8(10,11)2-1-6-3-7(12)5-13-4-6/h3-5H. The maximum absolute atomic E-state index is 5.27. The highest BCUT2D eigenvalue weighted by Crippen LogP contribution is 2.10. The molecule has 0 aromatic carbocycles. The number of pyridine rings is 1. The third-order valence-corrected chi connectivity index (χ3v) is 1.56. The number of hydrogen-bond donors (Lipinski definition) is 0. The summed E-state index contributed by atoms with van der Waals surface area (Å²) in [5.74, 6) is 5.20. The van der Waals surface area contributed by atoms with E-state index in [4.69, 9.17) is 23.5 Å². The Morgan fingerprint density at radius 2 is 2.00 bits per heavy atom. The van der Waals surface area contributed by atoms with Crippen LogP contribution >= 0.6 is 15.9 Å². The van der Waals surface area contributed by atoms with Crippen LogP contribution in [-0.4, -0.2) is 28.5 Å². The fourth-order valence-corrected chi connectivity index (χ4v) is 1.03. The van der Waals surface area contributed by atoms with Gasteiger partial charge in [0.1, 0.15) is 0 Å². The van der Waals surface area contributed by atoms with Crippen LogP contribution in [0.3, 0.4) is 0 Å². The Bertz CT molecular complexity index is 362. The van der Waals surface area contributed by atoms with Crippen molar-refractivity contribution in [3.63, 3.8) is 0 Å². The summed E-state index contributed by atoms with van der Waals surface area (Å²) in [5, 5.41) is -1.46. The van der Waals surface area contributed by atoms with Crippen LogP contribution in [0.5, 0.6) is 0 Å². The minimum absolute atomic E-state index is 0.708. The van der Waals surface area contributed by atoms with Gasteiger partial charge in [-0.25, -0.2) is 0 Å². The molecule has 5 heteroatoms. The van der Waals surface area contributed by atoms with E-state index in [1.54, 1.807) is 18.5 Å². The first-order valence-corrected chi connectivity index (χ1v) is 4.27. The number of halogens is 1. The van der Waals surface area contributed by atoms with Crippen LogP contribution in [0.25, 0.3) is 0 Å². The van der Waals surface area contributed by atoms with E-state index in [0.29, 0.717) is 5.56 Å². The molecule has 0 saturated carbocycles. The van der Waals surface area contributed by atoms with Crippen LogP contribution in [0.4, 0.5) is 0 Å². The molecule has 13 heavy (non-hydrogen) atoms. The predicted molar refractivity (Wildman–Crippen MR) is 58.8 cm³/mol. The van der Waals surface area contributed by atoms with E-state index in [0.717, 1.165) is 4.47 Å². The van der Waals surface area contributed by atoms with Crippen molar-refractivity contribution in [2.75, 3.05) is 0 Å². The van der Waals surface area contributed by atoms with Gasteiger partial charge in [0.25, 0.3) is 0 Å². The van der Waals surface area contributed by atoms with E-state index in [2.05, 4.69) is 32.8 Å². The molecule has 6 radical (unpaired) electrons. The van der Waals surface area contributed by atoms with Gasteiger partial charge in [-0.2, -0.15) is 0 Å². The zero-order valence-electron chi connectivity index (χ0n) is 6.79. The van der Waals surface area contributed by atoms with E-state index in [-0.39, 0.29) is 0 Å². The highest BCUT2D eigenvalue weighted by atomic mass is 79.9. The average Bonchev–Trinajstić information content (AvgIpc) is 2.00. The Morgan fingerprint density at radius 3 is 2.54 bits per heavy atom. The lowest BCUT2D eigenvalue weighted by Gasteiger charge is -2.07. The van der Waals surface area contributed by atoms with Crippen molar-refractivity contribution in [1.82, 2.24) is 4.98 Å². The average molecular weight is 225 g/mol. The largest absolute Gasteiger partial charge is 0.262 e. The van der Waals surface area contributed by atoms with Crippen molar-refractivity contribution in [3.8, 4) is 11.8 Å². The molecular formula is C8H3B3BrN. The van der Waals surface area contributed by atoms with Crippen LogP contribution < -0.4 is 0 Å². The van der Waals surface area contributed by atoms with Crippen molar-refractivity contribution < 1.29 is 0 Å². The molecule has 0 amide bonds. The highest BCUT2D eigenvalue weighted by Gasteiger charge is 2.02. The van der Waals surface area contributed by atoms with Crippen LogP contribution in [-0.2, 0) is 0 Å². The molecule has 0 atom stereocenters. The molecule has 0 saturated heterocycles. The summed E-state index contributed by atoms with van der Waals surface area (Å²) in [5.41, 5.74) is 0.708. The van der Waals surface area contributed by atoms with Crippen molar-refractivity contribution in [2.45, 2.75) is 5.11 Å². The van der Waals surface area contributed by atoms with Crippen LogP contribution in [0.2, 0.25) is 5.11 Å². The Kier molecular flexibility index (Phi) is 3.27. The SMILES string of the molecule is [B]C([B])([B])C#Cc1cncc(Br)c1. The maximum Gasteiger partial charge on any atom is 0.0666 e. The topological polar surface area (TPSA) is 12.9 Å². The third kappa shape index (κ3) is 4.24. The Labute approximate surface area is 90.1 Å². The molecule has 1 nitrogen and oxygen atoms in total. The van der Waals surface area contributed by atoms with Gasteiger partial charge in [0.05, 0.1) is 23.5 Å². The molecule has 1 aromatic rings. The van der Waals surface area contributed by atoms with Crippen LogP contribution in [0, 0.1) is 11.8 Å². The lowest BCUT2D eigenvalue weighted by atomic mass is 9.43. The summed E-state index contributed by atoms with van der Waals surface area (Å²) in [6.07, 6.45) is 3.26. The predicted octanol–water partition coefficient (Wildman–Crippen LogP) is 0.775. The second-order valence-corrected chi connectivity index (χ2v) is 3.49. The summed E-state index contributed by atoms with van der Waals surface area (Å²) in [7, 11) is 15.8. The van der Waals surface area contributed by atoms with Gasteiger partial charge in [-0.15, -0.1) is 5.92 Å². The van der Waals surface area contributed by atoms with Gasteiger partial charge >= 0.3 is 0 Å². The molecule has 0 bridgehead atoms. The monoisotopic (exact) mass is 225 g/mol. The molecule has 1 rings (SSSR count). The molecule has 0 fully saturated rings. The number of hydrogen-bond acceptors (Lipinski definition) is 1. The van der Waals surface area contributed by atoms with E-state index in [9.17, 15) is 0 Å². The molecule has 0 spiro atoms. The molecule has 0 aliphatic carbocycles. The van der Waals surface area contributed by atoms with Gasteiger partial charge in [0.15, 0.2) is 0 Å². The minimum Gasteiger partial charge on any atom is -0.262 e. The summed E-state index contributed by atoms with van der Waals surface area (Å²) < 4.78 is 0.843.